The second-order valence-corrected chi connectivity index (χ2v) is 17.5. The van der Waals surface area contributed by atoms with Crippen LogP contribution in [0.2, 0.25) is 0 Å². The number of methoxy groups -OCH3 is 2. The van der Waals surface area contributed by atoms with Crippen molar-refractivity contribution in [2.24, 2.45) is 10.8 Å². The van der Waals surface area contributed by atoms with Crippen molar-refractivity contribution in [2.75, 3.05) is 14.2 Å². The monoisotopic (exact) mass is 768 g/mol. The van der Waals surface area contributed by atoms with Crippen molar-refractivity contribution in [3.63, 3.8) is 0 Å². The van der Waals surface area contributed by atoms with Crippen molar-refractivity contribution < 1.29 is 19.1 Å². The Morgan fingerprint density at radius 2 is 0.860 bits per heavy atom. The van der Waals surface area contributed by atoms with Gasteiger partial charge in [-0.15, -0.1) is 11.3 Å². The average molecular weight is 769 g/mol. The van der Waals surface area contributed by atoms with Gasteiger partial charge in [0.2, 0.25) is 0 Å². The second kappa shape index (κ2) is 15.8. The van der Waals surface area contributed by atoms with E-state index in [1.807, 2.05) is 97.1 Å². The molecule has 5 heteroatoms. The number of Topliss-reactive ketones (excluding diaryl/α,β-unsaturated/α-hetero) is 2. The third-order valence-electron chi connectivity index (χ3n) is 10.4. The van der Waals surface area contributed by atoms with Gasteiger partial charge >= 0.3 is 0 Å². The SMILES string of the molecule is COc1cccc(/C(=C2/C=C(c3ccccc3)C(=O)C(C(C)(C)C)=C2)c2ccc(/C(=C3\C=C(c4ccccc4)C(=O)C(C(C)(C)C)=C3)c3cccc(OC)c3)s2)c1. The Hall–Kier alpha value is -6.04. The van der Waals surface area contributed by atoms with E-state index in [4.69, 9.17) is 9.47 Å². The molecule has 0 bridgehead atoms. The fraction of sp³-hybridized carbons (Fsp3) is 0.192. The smallest absolute Gasteiger partial charge is 0.190 e. The molecule has 0 atom stereocenters. The zero-order valence-electron chi connectivity index (χ0n) is 33.9. The number of carbonyl (C=O) groups excluding carboxylic acids is 2. The summed E-state index contributed by atoms with van der Waals surface area (Å²) in [6, 6.07) is 40.4. The number of hydrogen-bond acceptors (Lipinski definition) is 5. The van der Waals surface area contributed by atoms with E-state index in [2.05, 4.69) is 90.1 Å². The van der Waals surface area contributed by atoms with E-state index < -0.39 is 10.8 Å². The summed E-state index contributed by atoms with van der Waals surface area (Å²) in [5.41, 5.74) is 9.61. The molecule has 0 radical (unpaired) electrons. The van der Waals surface area contributed by atoms with E-state index in [1.54, 1.807) is 25.6 Å². The van der Waals surface area contributed by atoms with Crippen LogP contribution in [-0.2, 0) is 9.59 Å². The van der Waals surface area contributed by atoms with Gasteiger partial charge in [0.15, 0.2) is 11.6 Å². The highest BCUT2D eigenvalue weighted by Crippen LogP contribution is 2.45. The lowest BCUT2D eigenvalue weighted by Gasteiger charge is -2.27. The van der Waals surface area contributed by atoms with Gasteiger partial charge in [-0.05, 0) is 105 Å². The predicted molar refractivity (Wildman–Crippen MR) is 236 cm³/mol. The fourth-order valence-electron chi connectivity index (χ4n) is 7.39. The first-order valence-electron chi connectivity index (χ1n) is 19.2. The second-order valence-electron chi connectivity index (χ2n) is 16.4. The molecule has 2 aliphatic carbocycles. The third kappa shape index (κ3) is 8.12. The lowest BCUT2D eigenvalue weighted by Crippen LogP contribution is -2.22. The molecule has 0 N–H and O–H groups in total. The molecule has 4 aromatic carbocycles. The van der Waals surface area contributed by atoms with Crippen molar-refractivity contribution in [1.29, 1.82) is 0 Å². The summed E-state index contributed by atoms with van der Waals surface area (Å²) < 4.78 is 11.5. The third-order valence-corrected chi connectivity index (χ3v) is 11.5. The van der Waals surface area contributed by atoms with Gasteiger partial charge in [0.1, 0.15) is 11.5 Å². The average Bonchev–Trinajstić information content (AvgIpc) is 3.67. The Morgan fingerprint density at radius 1 is 0.474 bits per heavy atom. The topological polar surface area (TPSA) is 52.6 Å². The molecule has 1 aromatic heterocycles. The minimum Gasteiger partial charge on any atom is -0.497 e. The molecule has 0 saturated carbocycles. The zero-order valence-corrected chi connectivity index (χ0v) is 34.7. The molecule has 57 heavy (non-hydrogen) atoms. The predicted octanol–water partition coefficient (Wildman–Crippen LogP) is 12.6. The van der Waals surface area contributed by atoms with Crippen LogP contribution in [0.4, 0.5) is 0 Å². The number of thiophene rings is 1. The first kappa shape index (κ1) is 39.2. The van der Waals surface area contributed by atoms with Crippen LogP contribution in [0.3, 0.4) is 0 Å². The van der Waals surface area contributed by atoms with E-state index in [1.165, 1.54) is 0 Å². The number of allylic oxidation sites excluding steroid dienone is 10. The van der Waals surface area contributed by atoms with Crippen LogP contribution in [-0.4, -0.2) is 25.8 Å². The van der Waals surface area contributed by atoms with Gasteiger partial charge in [-0.25, -0.2) is 0 Å². The summed E-state index contributed by atoms with van der Waals surface area (Å²) in [5, 5.41) is 0. The molecular weight excluding hydrogens is 721 g/mol. The van der Waals surface area contributed by atoms with Gasteiger partial charge in [-0.1, -0.05) is 126 Å². The first-order valence-corrected chi connectivity index (χ1v) is 20.0. The maximum absolute atomic E-state index is 14.2. The zero-order chi connectivity index (χ0) is 40.5. The van der Waals surface area contributed by atoms with Crippen LogP contribution >= 0.6 is 11.3 Å². The molecule has 1 heterocycles. The van der Waals surface area contributed by atoms with Gasteiger partial charge < -0.3 is 9.47 Å². The van der Waals surface area contributed by atoms with Crippen LogP contribution < -0.4 is 9.47 Å². The van der Waals surface area contributed by atoms with Crippen molar-refractivity contribution >= 4 is 45.2 Å². The Morgan fingerprint density at radius 3 is 1.21 bits per heavy atom. The standard InChI is InChI=1S/C52H48O4S/c1-51(2,3)43-31-37(29-41(49(43)53)33-17-11-9-12-18-33)47(35-21-15-23-39(27-35)55-7)45-25-26-46(57-45)48(36-22-16-24-40(28-36)56-8)38-30-42(34-19-13-10-14-20-34)50(54)44(32-38)52(4,5)6/h9-32H,1-8H3/b47-37+,48-38+. The van der Waals surface area contributed by atoms with Gasteiger partial charge in [-0.2, -0.15) is 0 Å². The first-order chi connectivity index (χ1) is 27.3. The highest BCUT2D eigenvalue weighted by molar-refractivity contribution is 7.14. The molecule has 2 aliphatic rings. The maximum atomic E-state index is 14.2. The van der Waals surface area contributed by atoms with Crippen molar-refractivity contribution in [1.82, 2.24) is 0 Å². The largest absolute Gasteiger partial charge is 0.497 e. The summed E-state index contributed by atoms with van der Waals surface area (Å²) >= 11 is 1.68. The van der Waals surface area contributed by atoms with E-state index in [0.717, 1.165) is 76.9 Å². The molecular formula is C52H48O4S. The molecule has 0 aliphatic heterocycles. The van der Waals surface area contributed by atoms with E-state index in [-0.39, 0.29) is 11.6 Å². The molecule has 0 spiro atoms. The number of hydrogen-bond donors (Lipinski definition) is 0. The molecule has 0 saturated heterocycles. The number of benzene rings is 4. The molecule has 286 valence electrons. The highest BCUT2D eigenvalue weighted by Gasteiger charge is 2.33. The fourth-order valence-corrected chi connectivity index (χ4v) is 8.58. The van der Waals surface area contributed by atoms with Crippen LogP contribution in [0.5, 0.6) is 11.5 Å². The minimum absolute atomic E-state index is 0.0358. The Bertz CT molecular complexity index is 2380. The van der Waals surface area contributed by atoms with Crippen molar-refractivity contribution in [3.8, 4) is 11.5 Å². The van der Waals surface area contributed by atoms with Crippen LogP contribution in [0.1, 0.15) is 73.6 Å². The van der Waals surface area contributed by atoms with Gasteiger partial charge in [0, 0.05) is 43.2 Å². The van der Waals surface area contributed by atoms with Gasteiger partial charge in [-0.3, -0.25) is 9.59 Å². The Balaban J connectivity index is 1.54. The number of rotatable bonds is 8. The van der Waals surface area contributed by atoms with Crippen molar-refractivity contribution in [2.45, 2.75) is 41.5 Å². The van der Waals surface area contributed by atoms with E-state index in [0.29, 0.717) is 11.1 Å². The van der Waals surface area contributed by atoms with Gasteiger partial charge in [0.25, 0.3) is 0 Å². The summed E-state index contributed by atoms with van der Waals surface area (Å²) in [5.74, 6) is 1.55. The summed E-state index contributed by atoms with van der Waals surface area (Å²) in [7, 11) is 3.36. The normalized spacial score (nSPS) is 16.6. The summed E-state index contributed by atoms with van der Waals surface area (Å²) in [6.07, 6.45) is 8.24. The quantitative estimate of drug-likeness (QED) is 0.158. The van der Waals surface area contributed by atoms with Crippen LogP contribution in [0.25, 0.3) is 22.3 Å². The molecule has 4 nitrogen and oxygen atoms in total. The van der Waals surface area contributed by atoms with Crippen LogP contribution in [0.15, 0.2) is 168 Å². The number of ether oxygens (including phenoxy) is 2. The Kier molecular flexibility index (Phi) is 10.9. The van der Waals surface area contributed by atoms with Crippen molar-refractivity contribution in [3.05, 3.63) is 200 Å². The summed E-state index contributed by atoms with van der Waals surface area (Å²) in [4.78, 5) is 30.5. The number of ketones is 2. The molecule has 0 fully saturated rings. The highest BCUT2D eigenvalue weighted by atomic mass is 32.1. The van der Waals surface area contributed by atoms with Crippen LogP contribution in [0, 0.1) is 10.8 Å². The molecule has 5 aromatic rings. The lowest BCUT2D eigenvalue weighted by atomic mass is 9.75. The molecule has 7 rings (SSSR count). The Labute approximate surface area is 340 Å². The number of carbonyl (C=O) groups is 2. The van der Waals surface area contributed by atoms with E-state index >= 15 is 0 Å². The minimum atomic E-state index is -0.404. The summed E-state index contributed by atoms with van der Waals surface area (Å²) in [6.45, 7) is 12.6. The molecule has 0 amide bonds. The van der Waals surface area contributed by atoms with Gasteiger partial charge in [0.05, 0.1) is 14.2 Å². The molecule has 0 unspecified atom stereocenters. The lowest BCUT2D eigenvalue weighted by molar-refractivity contribution is -0.112. The maximum Gasteiger partial charge on any atom is 0.190 e. The van der Waals surface area contributed by atoms with E-state index in [9.17, 15) is 9.59 Å².